The van der Waals surface area contributed by atoms with Crippen LogP contribution < -0.4 is 10.9 Å². The van der Waals surface area contributed by atoms with Crippen LogP contribution in [0.4, 0.5) is 0 Å². The molecule has 0 fully saturated rings. The van der Waals surface area contributed by atoms with Gasteiger partial charge in [-0.15, -0.1) is 0 Å². The molecule has 0 unspecified atom stereocenters. The van der Waals surface area contributed by atoms with Crippen molar-refractivity contribution in [3.8, 4) is 0 Å². The van der Waals surface area contributed by atoms with Gasteiger partial charge in [-0.25, -0.2) is 9.97 Å². The summed E-state index contributed by atoms with van der Waals surface area (Å²) < 4.78 is 1.47. The molecule has 0 aliphatic rings. The molecule has 2 aromatic heterocycles. The monoisotopic (exact) mass is 288 g/mol. The molecule has 112 valence electrons. The van der Waals surface area contributed by atoms with Gasteiger partial charge in [-0.05, 0) is 31.4 Å². The number of carbonyl (C=O) groups is 1. The first-order valence-electron chi connectivity index (χ1n) is 7.18. The highest BCUT2D eigenvalue weighted by molar-refractivity contribution is 5.93. The molecule has 0 radical (unpaired) electrons. The zero-order valence-electron chi connectivity index (χ0n) is 12.6. The fraction of sp³-hybridized carbons (Fsp3) is 0.467. The van der Waals surface area contributed by atoms with Crippen LogP contribution in [-0.2, 0) is 6.54 Å². The van der Waals surface area contributed by atoms with Crippen LogP contribution in [0.1, 0.15) is 37.7 Å². The van der Waals surface area contributed by atoms with E-state index in [0.29, 0.717) is 30.2 Å². The van der Waals surface area contributed by atoms with Crippen molar-refractivity contribution in [2.75, 3.05) is 6.54 Å². The van der Waals surface area contributed by atoms with E-state index in [4.69, 9.17) is 0 Å². The zero-order chi connectivity index (χ0) is 15.4. The largest absolute Gasteiger partial charge is 0.351 e. The number of hydrogen-bond acceptors (Lipinski definition) is 4. The van der Waals surface area contributed by atoms with Crippen LogP contribution in [0, 0.1) is 5.92 Å². The summed E-state index contributed by atoms with van der Waals surface area (Å²) in [5.74, 6) is 0.0694. The summed E-state index contributed by atoms with van der Waals surface area (Å²) in [7, 11) is 0. The molecule has 0 aliphatic heterocycles. The van der Waals surface area contributed by atoms with Gasteiger partial charge in [-0.1, -0.05) is 13.8 Å². The molecular weight excluding hydrogens is 268 g/mol. The fourth-order valence-electron chi connectivity index (χ4n) is 2.08. The van der Waals surface area contributed by atoms with Crippen molar-refractivity contribution >= 4 is 17.1 Å². The Kier molecular flexibility index (Phi) is 4.67. The van der Waals surface area contributed by atoms with E-state index in [2.05, 4.69) is 29.1 Å². The summed E-state index contributed by atoms with van der Waals surface area (Å²) >= 11 is 0. The predicted octanol–water partition coefficient (Wildman–Crippen LogP) is 1.59. The molecule has 0 bridgehead atoms. The minimum Gasteiger partial charge on any atom is -0.351 e. The molecule has 2 aromatic rings. The van der Waals surface area contributed by atoms with Crippen LogP contribution in [-0.4, -0.2) is 27.0 Å². The molecule has 1 amide bonds. The molecule has 2 rings (SSSR count). The molecule has 0 saturated heterocycles. The second kappa shape index (κ2) is 6.47. The van der Waals surface area contributed by atoms with E-state index in [1.54, 1.807) is 18.3 Å². The average Bonchev–Trinajstić information content (AvgIpc) is 2.46. The molecule has 0 aromatic carbocycles. The maximum absolute atomic E-state index is 12.4. The summed E-state index contributed by atoms with van der Waals surface area (Å²) in [6, 6.07) is 3.49. The van der Waals surface area contributed by atoms with Gasteiger partial charge >= 0.3 is 0 Å². The van der Waals surface area contributed by atoms with E-state index in [-0.39, 0.29) is 5.69 Å². The lowest BCUT2D eigenvalue weighted by atomic mass is 10.1. The lowest BCUT2D eigenvalue weighted by molar-refractivity contribution is 0.0945. The van der Waals surface area contributed by atoms with Crippen LogP contribution in [0.25, 0.3) is 11.2 Å². The van der Waals surface area contributed by atoms with Gasteiger partial charge in [0.15, 0.2) is 11.3 Å². The SMILES string of the molecule is CCn1c(=O)c(C(=O)NCCC(C)C)nc2cccnc21. The molecule has 0 atom stereocenters. The number of nitrogens with zero attached hydrogens (tertiary/aromatic N) is 3. The van der Waals surface area contributed by atoms with Gasteiger partial charge in [0.1, 0.15) is 5.52 Å². The Morgan fingerprint density at radius 1 is 1.43 bits per heavy atom. The number of hydrogen-bond donors (Lipinski definition) is 1. The van der Waals surface area contributed by atoms with Crippen LogP contribution in [0.2, 0.25) is 0 Å². The zero-order valence-corrected chi connectivity index (χ0v) is 12.6. The minimum absolute atomic E-state index is 0.0684. The number of carbonyl (C=O) groups excluding carboxylic acids is 1. The number of aromatic nitrogens is 3. The first-order valence-corrected chi connectivity index (χ1v) is 7.18. The number of pyridine rings is 1. The number of fused-ring (bicyclic) bond motifs is 1. The minimum atomic E-state index is -0.423. The third-order valence-electron chi connectivity index (χ3n) is 3.24. The van der Waals surface area contributed by atoms with Crippen LogP contribution in [0.5, 0.6) is 0 Å². The van der Waals surface area contributed by atoms with Crippen molar-refractivity contribution in [3.05, 3.63) is 34.4 Å². The van der Waals surface area contributed by atoms with Crippen molar-refractivity contribution < 1.29 is 4.79 Å². The van der Waals surface area contributed by atoms with E-state index < -0.39 is 11.5 Å². The van der Waals surface area contributed by atoms with E-state index >= 15 is 0 Å². The number of amides is 1. The summed E-state index contributed by atoms with van der Waals surface area (Å²) in [5.41, 5.74) is 0.587. The van der Waals surface area contributed by atoms with E-state index in [0.717, 1.165) is 6.42 Å². The molecule has 0 saturated carbocycles. The second-order valence-corrected chi connectivity index (χ2v) is 5.29. The Balaban J connectivity index is 2.38. The highest BCUT2D eigenvalue weighted by Crippen LogP contribution is 2.06. The fourth-order valence-corrected chi connectivity index (χ4v) is 2.08. The van der Waals surface area contributed by atoms with Crippen molar-refractivity contribution in [2.45, 2.75) is 33.7 Å². The number of aryl methyl sites for hydroxylation is 1. The van der Waals surface area contributed by atoms with E-state index in [1.165, 1.54) is 4.57 Å². The third-order valence-corrected chi connectivity index (χ3v) is 3.24. The first kappa shape index (κ1) is 15.2. The van der Waals surface area contributed by atoms with Crippen LogP contribution in [0.3, 0.4) is 0 Å². The van der Waals surface area contributed by atoms with E-state index in [1.807, 2.05) is 6.92 Å². The quantitative estimate of drug-likeness (QED) is 0.906. The van der Waals surface area contributed by atoms with Gasteiger partial charge in [0.25, 0.3) is 11.5 Å². The van der Waals surface area contributed by atoms with Crippen molar-refractivity contribution in [1.29, 1.82) is 0 Å². The molecular formula is C15H20N4O2. The Morgan fingerprint density at radius 3 is 2.86 bits per heavy atom. The molecule has 6 heteroatoms. The first-order chi connectivity index (χ1) is 10.0. The number of rotatable bonds is 5. The van der Waals surface area contributed by atoms with Gasteiger partial charge < -0.3 is 5.32 Å². The summed E-state index contributed by atoms with van der Waals surface area (Å²) in [5, 5.41) is 2.75. The standard InChI is InChI=1S/C15H20N4O2/c1-4-19-13-11(6-5-8-16-13)18-12(15(19)21)14(20)17-9-7-10(2)3/h5-6,8,10H,4,7,9H2,1-3H3,(H,17,20). The van der Waals surface area contributed by atoms with Crippen LogP contribution >= 0.6 is 0 Å². The average molecular weight is 288 g/mol. The number of nitrogens with one attached hydrogen (secondary N) is 1. The molecule has 0 aliphatic carbocycles. The predicted molar refractivity (Wildman–Crippen MR) is 81.3 cm³/mol. The Hall–Kier alpha value is -2.24. The molecule has 2 heterocycles. The lowest BCUT2D eigenvalue weighted by Crippen LogP contribution is -2.35. The van der Waals surface area contributed by atoms with Crippen molar-refractivity contribution in [3.63, 3.8) is 0 Å². The highest BCUT2D eigenvalue weighted by atomic mass is 16.2. The second-order valence-electron chi connectivity index (χ2n) is 5.29. The third kappa shape index (κ3) is 3.26. The van der Waals surface area contributed by atoms with Gasteiger partial charge in [-0.3, -0.25) is 14.2 Å². The van der Waals surface area contributed by atoms with Gasteiger partial charge in [0, 0.05) is 19.3 Å². The summed E-state index contributed by atoms with van der Waals surface area (Å²) in [6.45, 7) is 6.98. The molecule has 0 spiro atoms. The molecule has 6 nitrogen and oxygen atoms in total. The smallest absolute Gasteiger partial charge is 0.283 e. The van der Waals surface area contributed by atoms with Gasteiger partial charge in [-0.2, -0.15) is 0 Å². The van der Waals surface area contributed by atoms with Crippen molar-refractivity contribution in [2.24, 2.45) is 5.92 Å². The highest BCUT2D eigenvalue weighted by Gasteiger charge is 2.17. The van der Waals surface area contributed by atoms with Gasteiger partial charge in [0.2, 0.25) is 0 Å². The summed E-state index contributed by atoms with van der Waals surface area (Å²) in [4.78, 5) is 32.8. The van der Waals surface area contributed by atoms with Crippen molar-refractivity contribution in [1.82, 2.24) is 19.9 Å². The topological polar surface area (TPSA) is 76.9 Å². The van der Waals surface area contributed by atoms with Gasteiger partial charge in [0.05, 0.1) is 0 Å². The lowest BCUT2D eigenvalue weighted by Gasteiger charge is -2.10. The Bertz CT molecular complexity index is 706. The van der Waals surface area contributed by atoms with Crippen LogP contribution in [0.15, 0.2) is 23.1 Å². The maximum atomic E-state index is 12.4. The maximum Gasteiger partial charge on any atom is 0.283 e. The molecule has 21 heavy (non-hydrogen) atoms. The summed E-state index contributed by atoms with van der Waals surface area (Å²) in [6.07, 6.45) is 2.47. The molecule has 1 N–H and O–H groups in total. The van der Waals surface area contributed by atoms with E-state index in [9.17, 15) is 9.59 Å². The normalized spacial score (nSPS) is 11.0. The Labute approximate surface area is 123 Å². The Morgan fingerprint density at radius 2 is 2.19 bits per heavy atom.